The molecule has 3 aromatic heterocycles. The molecule has 0 spiro atoms. The van der Waals surface area contributed by atoms with Gasteiger partial charge in [-0.2, -0.15) is 5.10 Å². The molecule has 23 heavy (non-hydrogen) atoms. The van der Waals surface area contributed by atoms with Gasteiger partial charge in [0, 0.05) is 41.8 Å². The van der Waals surface area contributed by atoms with E-state index < -0.39 is 0 Å². The number of likely N-dealkylation sites (tertiary alicyclic amines) is 1. The molecule has 0 bridgehead atoms. The Bertz CT molecular complexity index is 803. The van der Waals surface area contributed by atoms with Crippen molar-refractivity contribution in [2.45, 2.75) is 25.2 Å². The molecule has 1 amide bonds. The summed E-state index contributed by atoms with van der Waals surface area (Å²) < 4.78 is 1.92. The van der Waals surface area contributed by atoms with Crippen molar-refractivity contribution in [1.82, 2.24) is 19.5 Å². The number of thiophene rings is 1. The largest absolute Gasteiger partial charge is 0.342 e. The lowest BCUT2D eigenvalue weighted by Crippen LogP contribution is -2.39. The molecule has 1 saturated heterocycles. The molecule has 1 aliphatic heterocycles. The van der Waals surface area contributed by atoms with Crippen LogP contribution in [-0.4, -0.2) is 38.5 Å². The van der Waals surface area contributed by atoms with Crippen molar-refractivity contribution < 1.29 is 4.79 Å². The highest BCUT2D eigenvalue weighted by Gasteiger charge is 2.25. The summed E-state index contributed by atoms with van der Waals surface area (Å²) in [5, 5.41) is 6.39. The van der Waals surface area contributed by atoms with E-state index in [4.69, 9.17) is 0 Å². The maximum Gasteiger partial charge on any atom is 0.227 e. The molecule has 0 aliphatic carbocycles. The summed E-state index contributed by atoms with van der Waals surface area (Å²) in [6.07, 6.45) is 6.12. The topological polar surface area (TPSA) is 50.5 Å². The summed E-state index contributed by atoms with van der Waals surface area (Å²) in [6.45, 7) is 1.64. The number of aromatic nitrogens is 3. The highest BCUT2D eigenvalue weighted by Crippen LogP contribution is 2.28. The van der Waals surface area contributed by atoms with Gasteiger partial charge >= 0.3 is 0 Å². The molecule has 0 saturated carbocycles. The average Bonchev–Trinajstić information content (AvgIpc) is 3.25. The Hall–Kier alpha value is -2.21. The third-order valence-electron chi connectivity index (χ3n) is 4.49. The Morgan fingerprint density at radius 1 is 1.22 bits per heavy atom. The Labute approximate surface area is 138 Å². The van der Waals surface area contributed by atoms with Crippen LogP contribution < -0.4 is 0 Å². The molecule has 3 aromatic rings. The van der Waals surface area contributed by atoms with Crippen molar-refractivity contribution in [3.63, 3.8) is 0 Å². The number of carbonyl (C=O) groups is 1. The Morgan fingerprint density at radius 3 is 2.87 bits per heavy atom. The van der Waals surface area contributed by atoms with E-state index in [9.17, 15) is 4.79 Å². The van der Waals surface area contributed by atoms with Gasteiger partial charge in [-0.1, -0.05) is 6.07 Å². The second-order valence-corrected chi connectivity index (χ2v) is 6.91. The Kier molecular flexibility index (Phi) is 3.83. The van der Waals surface area contributed by atoms with Gasteiger partial charge in [0.05, 0.1) is 12.6 Å². The van der Waals surface area contributed by atoms with Crippen LogP contribution >= 0.6 is 11.3 Å². The van der Waals surface area contributed by atoms with Gasteiger partial charge in [0.2, 0.25) is 5.91 Å². The minimum atomic E-state index is 0.241. The molecule has 118 valence electrons. The van der Waals surface area contributed by atoms with E-state index in [-0.39, 0.29) is 5.91 Å². The third-order valence-corrected chi connectivity index (χ3v) is 5.37. The summed E-state index contributed by atoms with van der Waals surface area (Å²) in [7, 11) is 0. The first kappa shape index (κ1) is 14.4. The fourth-order valence-electron chi connectivity index (χ4n) is 3.26. The van der Waals surface area contributed by atoms with Crippen LogP contribution in [0, 0.1) is 0 Å². The number of amides is 1. The summed E-state index contributed by atoms with van der Waals surface area (Å²) in [4.78, 5) is 19.8. The smallest absolute Gasteiger partial charge is 0.227 e. The van der Waals surface area contributed by atoms with Crippen LogP contribution in [0.3, 0.4) is 0 Å². The molecular weight excluding hydrogens is 308 g/mol. The van der Waals surface area contributed by atoms with Crippen LogP contribution in [0.25, 0.3) is 5.65 Å². The SMILES string of the molecule is O=C(Cc1cccs1)N1CCC(c2ccnc3ccnn23)CC1. The number of piperidine rings is 1. The maximum absolute atomic E-state index is 12.4. The third kappa shape index (κ3) is 2.86. The van der Waals surface area contributed by atoms with Crippen LogP contribution in [0.4, 0.5) is 0 Å². The number of nitrogens with zero attached hydrogens (tertiary/aromatic N) is 4. The molecule has 1 fully saturated rings. The van der Waals surface area contributed by atoms with Crippen molar-refractivity contribution in [1.29, 1.82) is 0 Å². The fraction of sp³-hybridized carbons (Fsp3) is 0.353. The summed E-state index contributed by atoms with van der Waals surface area (Å²) in [5.74, 6) is 0.677. The van der Waals surface area contributed by atoms with Gasteiger partial charge < -0.3 is 4.90 Å². The van der Waals surface area contributed by atoms with E-state index in [1.807, 2.05) is 45.3 Å². The van der Waals surface area contributed by atoms with Crippen molar-refractivity contribution >= 4 is 22.9 Å². The van der Waals surface area contributed by atoms with E-state index in [0.717, 1.165) is 36.5 Å². The Balaban J connectivity index is 1.43. The molecule has 0 unspecified atom stereocenters. The van der Waals surface area contributed by atoms with Crippen molar-refractivity contribution in [3.05, 3.63) is 52.6 Å². The lowest BCUT2D eigenvalue weighted by Gasteiger charge is -2.32. The first-order chi connectivity index (χ1) is 11.3. The van der Waals surface area contributed by atoms with Crippen LogP contribution in [0.2, 0.25) is 0 Å². The highest BCUT2D eigenvalue weighted by molar-refractivity contribution is 7.10. The molecule has 5 nitrogen and oxygen atoms in total. The van der Waals surface area contributed by atoms with E-state index >= 15 is 0 Å². The van der Waals surface area contributed by atoms with Gasteiger partial charge in [-0.05, 0) is 30.4 Å². The van der Waals surface area contributed by atoms with Gasteiger partial charge in [0.1, 0.15) is 0 Å². The van der Waals surface area contributed by atoms with Gasteiger partial charge in [0.15, 0.2) is 5.65 Å². The van der Waals surface area contributed by atoms with Gasteiger partial charge in [-0.15, -0.1) is 11.3 Å². The zero-order chi connectivity index (χ0) is 15.6. The van der Waals surface area contributed by atoms with E-state index in [2.05, 4.69) is 10.1 Å². The minimum absolute atomic E-state index is 0.241. The van der Waals surface area contributed by atoms with Gasteiger partial charge in [-0.3, -0.25) is 4.79 Å². The maximum atomic E-state index is 12.4. The zero-order valence-electron chi connectivity index (χ0n) is 12.8. The highest BCUT2D eigenvalue weighted by atomic mass is 32.1. The standard InChI is InChI=1S/C17H18N4OS/c22-17(12-14-2-1-11-23-14)20-9-5-13(6-10-20)15-3-7-18-16-4-8-19-21(15)16/h1-4,7-8,11,13H,5-6,9-10,12H2. The van der Waals surface area contributed by atoms with Crippen LogP contribution in [-0.2, 0) is 11.2 Å². The molecule has 0 radical (unpaired) electrons. The molecule has 0 N–H and O–H groups in total. The predicted octanol–water partition coefficient (Wildman–Crippen LogP) is 2.74. The van der Waals surface area contributed by atoms with E-state index in [1.54, 1.807) is 17.5 Å². The number of rotatable bonds is 3. The molecule has 0 atom stereocenters. The summed E-state index contributed by atoms with van der Waals surface area (Å²) in [5.41, 5.74) is 2.09. The molecule has 4 heterocycles. The molecule has 1 aliphatic rings. The lowest BCUT2D eigenvalue weighted by atomic mass is 9.93. The van der Waals surface area contributed by atoms with Crippen LogP contribution in [0.15, 0.2) is 42.0 Å². The zero-order valence-corrected chi connectivity index (χ0v) is 13.6. The first-order valence-corrected chi connectivity index (χ1v) is 8.78. The predicted molar refractivity (Wildman–Crippen MR) is 89.6 cm³/mol. The van der Waals surface area contributed by atoms with Crippen molar-refractivity contribution in [2.24, 2.45) is 0 Å². The number of hydrogen-bond donors (Lipinski definition) is 0. The van der Waals surface area contributed by atoms with Crippen LogP contribution in [0.1, 0.15) is 29.3 Å². The Morgan fingerprint density at radius 2 is 2.09 bits per heavy atom. The quantitative estimate of drug-likeness (QED) is 0.743. The van der Waals surface area contributed by atoms with Crippen LogP contribution in [0.5, 0.6) is 0 Å². The summed E-state index contributed by atoms with van der Waals surface area (Å²) in [6, 6.07) is 8.00. The van der Waals surface area contributed by atoms with Crippen molar-refractivity contribution in [3.8, 4) is 0 Å². The number of hydrogen-bond acceptors (Lipinski definition) is 4. The summed E-state index contributed by atoms with van der Waals surface area (Å²) >= 11 is 1.65. The fourth-order valence-corrected chi connectivity index (χ4v) is 3.96. The first-order valence-electron chi connectivity index (χ1n) is 7.90. The number of fused-ring (bicyclic) bond motifs is 1. The average molecular weight is 326 g/mol. The lowest BCUT2D eigenvalue weighted by molar-refractivity contribution is -0.131. The minimum Gasteiger partial charge on any atom is -0.342 e. The second-order valence-electron chi connectivity index (χ2n) is 5.88. The number of carbonyl (C=O) groups excluding carboxylic acids is 1. The molecule has 0 aromatic carbocycles. The molecule has 6 heteroatoms. The van der Waals surface area contributed by atoms with Gasteiger partial charge in [-0.25, -0.2) is 9.50 Å². The van der Waals surface area contributed by atoms with Crippen molar-refractivity contribution in [2.75, 3.05) is 13.1 Å². The second kappa shape index (κ2) is 6.12. The molecule has 4 rings (SSSR count). The normalized spacial score (nSPS) is 16.1. The molecular formula is C17H18N4OS. The van der Waals surface area contributed by atoms with Gasteiger partial charge in [0.25, 0.3) is 0 Å². The van der Waals surface area contributed by atoms with E-state index in [0.29, 0.717) is 12.3 Å². The van der Waals surface area contributed by atoms with E-state index in [1.165, 1.54) is 5.69 Å². The monoisotopic (exact) mass is 326 g/mol.